The summed E-state index contributed by atoms with van der Waals surface area (Å²) in [5.41, 5.74) is 6.17. The van der Waals surface area contributed by atoms with Crippen molar-refractivity contribution < 1.29 is 19.1 Å². The first-order valence-electron chi connectivity index (χ1n) is 9.12. The molecule has 0 fully saturated rings. The van der Waals surface area contributed by atoms with Gasteiger partial charge in [-0.15, -0.1) is 0 Å². The molecule has 0 unspecified atom stereocenters. The molecule has 0 saturated carbocycles. The van der Waals surface area contributed by atoms with Crippen LogP contribution in [-0.2, 0) is 11.4 Å². The lowest BCUT2D eigenvalue weighted by atomic mass is 10.1. The molecule has 8 heteroatoms. The second-order valence-electron chi connectivity index (χ2n) is 6.44. The van der Waals surface area contributed by atoms with Gasteiger partial charge in [-0.05, 0) is 40.1 Å². The zero-order valence-corrected chi connectivity index (χ0v) is 18.1. The molecule has 31 heavy (non-hydrogen) atoms. The second-order valence-corrected chi connectivity index (χ2v) is 7.29. The number of rotatable bonds is 6. The minimum Gasteiger partial charge on any atom is -0.493 e. The lowest BCUT2D eigenvalue weighted by Crippen LogP contribution is -2.35. The molecule has 3 aromatic rings. The van der Waals surface area contributed by atoms with Crippen LogP contribution in [0.4, 0.5) is 4.79 Å². The van der Waals surface area contributed by atoms with Crippen molar-refractivity contribution in [1.29, 1.82) is 5.26 Å². The van der Waals surface area contributed by atoms with Crippen LogP contribution in [-0.4, -0.2) is 19.0 Å². The van der Waals surface area contributed by atoms with Crippen molar-refractivity contribution in [2.75, 3.05) is 7.11 Å². The summed E-state index contributed by atoms with van der Waals surface area (Å²) in [5.74, 6) is 0.0130. The van der Waals surface area contributed by atoms with Crippen LogP contribution in [0, 0.1) is 11.3 Å². The number of hydrogen-bond donors (Lipinski definition) is 2. The molecule has 0 aliphatic heterocycles. The number of urea groups is 1. The molecule has 0 bridgehead atoms. The number of carbonyl (C=O) groups is 2. The van der Waals surface area contributed by atoms with E-state index in [0.29, 0.717) is 28.1 Å². The highest BCUT2D eigenvalue weighted by molar-refractivity contribution is 9.10. The number of carbonyl (C=O) groups excluding carboxylic acids is 2. The minimum absolute atomic E-state index is 0.286. The van der Waals surface area contributed by atoms with E-state index in [4.69, 9.17) is 15.2 Å². The van der Waals surface area contributed by atoms with E-state index >= 15 is 0 Å². The van der Waals surface area contributed by atoms with Gasteiger partial charge in [0.05, 0.1) is 7.11 Å². The Morgan fingerprint density at radius 2 is 1.90 bits per heavy atom. The third-order valence-corrected chi connectivity index (χ3v) is 5.13. The van der Waals surface area contributed by atoms with E-state index in [-0.39, 0.29) is 5.57 Å². The lowest BCUT2D eigenvalue weighted by molar-refractivity contribution is -0.115. The Balaban J connectivity index is 1.89. The zero-order valence-electron chi connectivity index (χ0n) is 16.5. The average Bonchev–Trinajstić information content (AvgIpc) is 2.76. The second kappa shape index (κ2) is 9.78. The Morgan fingerprint density at radius 3 is 2.61 bits per heavy atom. The van der Waals surface area contributed by atoms with Crippen molar-refractivity contribution in [3.63, 3.8) is 0 Å². The lowest BCUT2D eigenvalue weighted by Gasteiger charge is -2.14. The average molecular weight is 480 g/mol. The van der Waals surface area contributed by atoms with Crippen LogP contribution in [0.5, 0.6) is 11.5 Å². The van der Waals surface area contributed by atoms with Crippen molar-refractivity contribution in [3.05, 3.63) is 75.8 Å². The number of ether oxygens (including phenoxy) is 2. The van der Waals surface area contributed by atoms with Crippen LogP contribution in [0.15, 0.2) is 64.6 Å². The van der Waals surface area contributed by atoms with E-state index < -0.39 is 11.9 Å². The number of nitrogens with zero attached hydrogens (tertiary/aromatic N) is 1. The molecular formula is C23H18BrN3O4. The van der Waals surface area contributed by atoms with E-state index in [9.17, 15) is 14.9 Å². The van der Waals surface area contributed by atoms with Crippen LogP contribution in [0.1, 0.15) is 11.1 Å². The van der Waals surface area contributed by atoms with Crippen LogP contribution in [0.25, 0.3) is 16.8 Å². The molecule has 3 rings (SSSR count). The number of fused-ring (bicyclic) bond motifs is 1. The predicted molar refractivity (Wildman–Crippen MR) is 120 cm³/mol. The van der Waals surface area contributed by atoms with Crippen molar-refractivity contribution in [1.82, 2.24) is 5.32 Å². The number of nitriles is 1. The van der Waals surface area contributed by atoms with Gasteiger partial charge >= 0.3 is 6.03 Å². The van der Waals surface area contributed by atoms with Crippen molar-refractivity contribution in [2.45, 2.75) is 6.61 Å². The van der Waals surface area contributed by atoms with Crippen LogP contribution < -0.4 is 20.5 Å². The van der Waals surface area contributed by atoms with Gasteiger partial charge in [0.1, 0.15) is 18.2 Å². The molecule has 0 spiro atoms. The number of benzene rings is 3. The van der Waals surface area contributed by atoms with Gasteiger partial charge in [0, 0.05) is 4.47 Å². The van der Waals surface area contributed by atoms with E-state index in [1.54, 1.807) is 18.2 Å². The fraction of sp³-hybridized carbons (Fsp3) is 0.0870. The van der Waals surface area contributed by atoms with Crippen LogP contribution >= 0.6 is 15.9 Å². The van der Waals surface area contributed by atoms with Crippen LogP contribution in [0.3, 0.4) is 0 Å². The molecule has 0 aliphatic rings. The first kappa shape index (κ1) is 21.9. The Labute approximate surface area is 187 Å². The van der Waals surface area contributed by atoms with Gasteiger partial charge in [-0.1, -0.05) is 58.4 Å². The Bertz CT molecular complexity index is 1230. The third kappa shape index (κ3) is 5.21. The summed E-state index contributed by atoms with van der Waals surface area (Å²) in [7, 11) is 1.49. The Kier molecular flexibility index (Phi) is 6.90. The number of imide groups is 1. The van der Waals surface area contributed by atoms with E-state index in [1.807, 2.05) is 47.8 Å². The number of amides is 3. The molecule has 3 aromatic carbocycles. The van der Waals surface area contributed by atoms with Gasteiger partial charge < -0.3 is 15.2 Å². The molecule has 0 heterocycles. The van der Waals surface area contributed by atoms with Gasteiger partial charge in [-0.25, -0.2) is 4.79 Å². The fourth-order valence-electron chi connectivity index (χ4n) is 2.99. The van der Waals surface area contributed by atoms with Crippen LogP contribution in [0.2, 0.25) is 0 Å². The summed E-state index contributed by atoms with van der Waals surface area (Å²) in [4.78, 5) is 22.8. The normalized spacial score (nSPS) is 10.9. The summed E-state index contributed by atoms with van der Waals surface area (Å²) < 4.78 is 12.0. The molecule has 0 aromatic heterocycles. The molecule has 0 atom stereocenters. The van der Waals surface area contributed by atoms with E-state index in [1.165, 1.54) is 13.2 Å². The third-order valence-electron chi connectivity index (χ3n) is 4.45. The zero-order chi connectivity index (χ0) is 22.4. The van der Waals surface area contributed by atoms with Gasteiger partial charge in [0.15, 0.2) is 11.5 Å². The largest absolute Gasteiger partial charge is 0.493 e. The molecule has 156 valence electrons. The van der Waals surface area contributed by atoms with Crippen molar-refractivity contribution in [3.8, 4) is 17.6 Å². The number of methoxy groups -OCH3 is 1. The molecule has 3 amide bonds. The standard InChI is InChI=1S/C23H18BrN3O4/c1-30-20-10-16(9-17(12-25)22(28)27-23(26)29)19(24)11-21(20)31-13-15-7-4-6-14-5-2-3-8-18(14)15/h2-11H,13H2,1H3,(H3,26,27,28,29)/b17-9-. The molecule has 7 nitrogen and oxygen atoms in total. The maximum atomic E-state index is 11.9. The highest BCUT2D eigenvalue weighted by atomic mass is 79.9. The monoisotopic (exact) mass is 479 g/mol. The summed E-state index contributed by atoms with van der Waals surface area (Å²) >= 11 is 3.42. The predicted octanol–water partition coefficient (Wildman–Crippen LogP) is 4.29. The summed E-state index contributed by atoms with van der Waals surface area (Å²) in [6.45, 7) is 0.323. The Morgan fingerprint density at radius 1 is 1.16 bits per heavy atom. The van der Waals surface area contributed by atoms with Crippen molar-refractivity contribution >= 4 is 44.7 Å². The highest BCUT2D eigenvalue weighted by Gasteiger charge is 2.15. The summed E-state index contributed by atoms with van der Waals surface area (Å²) in [6, 6.07) is 18.1. The molecule has 0 aliphatic carbocycles. The Hall–Kier alpha value is -3.83. The molecule has 0 saturated heterocycles. The minimum atomic E-state index is -1.04. The summed E-state index contributed by atoms with van der Waals surface area (Å²) in [6.07, 6.45) is 1.32. The number of nitrogens with one attached hydrogen (secondary N) is 1. The molecular weight excluding hydrogens is 462 g/mol. The highest BCUT2D eigenvalue weighted by Crippen LogP contribution is 2.35. The van der Waals surface area contributed by atoms with E-state index in [0.717, 1.165) is 16.3 Å². The maximum absolute atomic E-state index is 11.9. The summed E-state index contributed by atoms with van der Waals surface area (Å²) in [5, 5.41) is 13.3. The number of primary amides is 1. The number of hydrogen-bond acceptors (Lipinski definition) is 5. The first-order valence-corrected chi connectivity index (χ1v) is 9.91. The first-order chi connectivity index (χ1) is 14.9. The molecule has 0 radical (unpaired) electrons. The fourth-order valence-corrected chi connectivity index (χ4v) is 3.43. The number of halogens is 1. The maximum Gasteiger partial charge on any atom is 0.319 e. The van der Waals surface area contributed by atoms with Gasteiger partial charge in [-0.3, -0.25) is 10.1 Å². The van der Waals surface area contributed by atoms with E-state index in [2.05, 4.69) is 15.9 Å². The molecule has 3 N–H and O–H groups in total. The smallest absolute Gasteiger partial charge is 0.319 e. The SMILES string of the molecule is COc1cc(/C=C(/C#N)C(=O)NC(N)=O)c(Br)cc1OCc1cccc2ccccc12. The topological polar surface area (TPSA) is 114 Å². The number of nitrogens with two attached hydrogens (primary N) is 1. The van der Waals surface area contributed by atoms with Gasteiger partial charge in [-0.2, -0.15) is 5.26 Å². The quantitative estimate of drug-likeness (QED) is 0.404. The van der Waals surface area contributed by atoms with Gasteiger partial charge in [0.2, 0.25) is 0 Å². The van der Waals surface area contributed by atoms with Crippen molar-refractivity contribution in [2.24, 2.45) is 5.73 Å². The van der Waals surface area contributed by atoms with Gasteiger partial charge in [0.25, 0.3) is 5.91 Å².